The molecule has 1 atom stereocenters. The Morgan fingerprint density at radius 3 is 2.72 bits per heavy atom. The number of rotatable bonds is 5. The number of hydrogen-bond donors (Lipinski definition) is 3. The monoisotopic (exact) mass is 251 g/mol. The van der Waals surface area contributed by atoms with E-state index >= 15 is 0 Å². The Balaban J connectivity index is 2.93. The molecular weight excluding hydrogens is 230 g/mol. The van der Waals surface area contributed by atoms with Crippen LogP contribution >= 0.6 is 0 Å². The van der Waals surface area contributed by atoms with Gasteiger partial charge in [-0.05, 0) is 24.6 Å². The molecule has 0 fully saturated rings. The van der Waals surface area contributed by atoms with Gasteiger partial charge in [-0.2, -0.15) is 0 Å². The molecular formula is C13H21N3O2. The Bertz CT molecular complexity index is 419. The van der Waals surface area contributed by atoms with E-state index in [2.05, 4.69) is 5.32 Å². The molecule has 0 aliphatic heterocycles. The zero-order chi connectivity index (χ0) is 13.7. The second-order valence-electron chi connectivity index (χ2n) is 4.45. The zero-order valence-corrected chi connectivity index (χ0v) is 11.1. The fourth-order valence-corrected chi connectivity index (χ4v) is 1.51. The van der Waals surface area contributed by atoms with Crippen LogP contribution in [0.3, 0.4) is 0 Å². The predicted molar refractivity (Wildman–Crippen MR) is 73.7 cm³/mol. The number of carbonyl (C=O) groups excluding carboxylic acids is 1. The third-order valence-electron chi connectivity index (χ3n) is 2.68. The fraction of sp³-hybridized carbons (Fsp3) is 0.462. The van der Waals surface area contributed by atoms with Crippen molar-refractivity contribution in [3.05, 3.63) is 23.8 Å². The predicted octanol–water partition coefficient (Wildman–Crippen LogP) is 1.15. The van der Waals surface area contributed by atoms with E-state index < -0.39 is 6.10 Å². The van der Waals surface area contributed by atoms with Gasteiger partial charge in [-0.15, -0.1) is 0 Å². The summed E-state index contributed by atoms with van der Waals surface area (Å²) in [4.78, 5) is 13.5. The molecule has 1 rings (SSSR count). The number of nitrogen functional groups attached to an aromatic ring is 1. The van der Waals surface area contributed by atoms with Gasteiger partial charge in [0.15, 0.2) is 0 Å². The van der Waals surface area contributed by atoms with Gasteiger partial charge in [0.25, 0.3) is 5.91 Å². The first kappa shape index (κ1) is 14.3. The third-order valence-corrected chi connectivity index (χ3v) is 2.68. The number of hydrogen-bond acceptors (Lipinski definition) is 4. The standard InChI is InChI=1S/C13H21N3O2/c1-4-10(17)8-15-12-7-9(14)5-6-11(12)13(18)16(2)3/h5-7,10,15,17H,4,8,14H2,1-3H3. The summed E-state index contributed by atoms with van der Waals surface area (Å²) in [6, 6.07) is 5.09. The van der Waals surface area contributed by atoms with Gasteiger partial charge in [-0.25, -0.2) is 0 Å². The van der Waals surface area contributed by atoms with E-state index in [4.69, 9.17) is 5.73 Å². The molecule has 0 saturated carbocycles. The summed E-state index contributed by atoms with van der Waals surface area (Å²) < 4.78 is 0. The average molecular weight is 251 g/mol. The van der Waals surface area contributed by atoms with Crippen LogP contribution in [0.25, 0.3) is 0 Å². The summed E-state index contributed by atoms with van der Waals surface area (Å²) in [5.41, 5.74) is 7.50. The van der Waals surface area contributed by atoms with E-state index in [0.717, 1.165) is 0 Å². The van der Waals surface area contributed by atoms with Crippen LogP contribution in [-0.2, 0) is 0 Å². The minimum absolute atomic E-state index is 0.0940. The smallest absolute Gasteiger partial charge is 0.255 e. The lowest BCUT2D eigenvalue weighted by atomic mass is 10.1. The SMILES string of the molecule is CCC(O)CNc1cc(N)ccc1C(=O)N(C)C. The molecule has 0 heterocycles. The van der Waals surface area contributed by atoms with Gasteiger partial charge in [0, 0.05) is 32.0 Å². The molecule has 0 radical (unpaired) electrons. The van der Waals surface area contributed by atoms with Crippen molar-refractivity contribution in [2.45, 2.75) is 19.4 Å². The lowest BCUT2D eigenvalue weighted by Crippen LogP contribution is -2.25. The van der Waals surface area contributed by atoms with Gasteiger partial charge in [0.05, 0.1) is 11.7 Å². The molecule has 0 saturated heterocycles. The summed E-state index contributed by atoms with van der Waals surface area (Å²) in [5.74, 6) is -0.0940. The first-order valence-electron chi connectivity index (χ1n) is 5.98. The van der Waals surface area contributed by atoms with Crippen LogP contribution in [0.2, 0.25) is 0 Å². The van der Waals surface area contributed by atoms with Crippen LogP contribution in [0.5, 0.6) is 0 Å². The first-order valence-corrected chi connectivity index (χ1v) is 5.98. The Morgan fingerprint density at radius 1 is 1.50 bits per heavy atom. The van der Waals surface area contributed by atoms with Crippen LogP contribution in [-0.4, -0.2) is 42.7 Å². The van der Waals surface area contributed by atoms with Gasteiger partial charge in [-0.1, -0.05) is 6.92 Å². The van der Waals surface area contributed by atoms with E-state index in [1.165, 1.54) is 4.90 Å². The highest BCUT2D eigenvalue weighted by atomic mass is 16.3. The van der Waals surface area contributed by atoms with E-state index in [-0.39, 0.29) is 5.91 Å². The molecule has 1 amide bonds. The van der Waals surface area contributed by atoms with Crippen LogP contribution in [0, 0.1) is 0 Å². The zero-order valence-electron chi connectivity index (χ0n) is 11.1. The van der Waals surface area contributed by atoms with Gasteiger partial charge >= 0.3 is 0 Å². The highest BCUT2D eigenvalue weighted by Crippen LogP contribution is 2.20. The van der Waals surface area contributed by atoms with Crippen LogP contribution in [0.4, 0.5) is 11.4 Å². The number of benzene rings is 1. The Labute approximate surface area is 108 Å². The molecule has 1 aromatic rings. The maximum atomic E-state index is 12.0. The molecule has 18 heavy (non-hydrogen) atoms. The van der Waals surface area contributed by atoms with Crippen molar-refractivity contribution in [3.63, 3.8) is 0 Å². The van der Waals surface area contributed by atoms with Crippen LogP contribution in [0.1, 0.15) is 23.7 Å². The molecule has 0 bridgehead atoms. The second-order valence-corrected chi connectivity index (χ2v) is 4.45. The van der Waals surface area contributed by atoms with Crippen LogP contribution < -0.4 is 11.1 Å². The number of anilines is 2. The number of nitrogens with one attached hydrogen (secondary N) is 1. The second kappa shape index (κ2) is 6.26. The molecule has 4 N–H and O–H groups in total. The maximum Gasteiger partial charge on any atom is 0.255 e. The van der Waals surface area contributed by atoms with E-state index in [1.54, 1.807) is 32.3 Å². The van der Waals surface area contributed by atoms with E-state index in [1.807, 2.05) is 6.92 Å². The number of nitrogens with zero attached hydrogens (tertiary/aromatic N) is 1. The summed E-state index contributed by atoms with van der Waals surface area (Å²) in [7, 11) is 3.40. The normalized spacial score (nSPS) is 12.0. The maximum absolute atomic E-state index is 12.0. The molecule has 0 aliphatic carbocycles. The molecule has 1 unspecified atom stereocenters. The van der Waals surface area contributed by atoms with Crippen molar-refractivity contribution in [1.29, 1.82) is 0 Å². The summed E-state index contributed by atoms with van der Waals surface area (Å²) in [6.07, 6.45) is 0.223. The number of aliphatic hydroxyl groups excluding tert-OH is 1. The Hall–Kier alpha value is -1.75. The highest BCUT2D eigenvalue weighted by molar-refractivity contribution is 5.99. The molecule has 5 heteroatoms. The molecule has 0 aliphatic rings. The Morgan fingerprint density at radius 2 is 2.17 bits per heavy atom. The van der Waals surface area contributed by atoms with Crippen molar-refractivity contribution in [2.75, 3.05) is 31.7 Å². The quantitative estimate of drug-likeness (QED) is 0.686. The van der Waals surface area contributed by atoms with Gasteiger partial charge in [0.1, 0.15) is 0 Å². The molecule has 1 aromatic carbocycles. The molecule has 5 nitrogen and oxygen atoms in total. The summed E-state index contributed by atoms with van der Waals surface area (Å²) >= 11 is 0. The van der Waals surface area contributed by atoms with Gasteiger partial charge < -0.3 is 21.1 Å². The topological polar surface area (TPSA) is 78.6 Å². The van der Waals surface area contributed by atoms with Crippen molar-refractivity contribution >= 4 is 17.3 Å². The summed E-state index contributed by atoms with van der Waals surface area (Å²) in [5, 5.41) is 12.6. The van der Waals surface area contributed by atoms with Crippen molar-refractivity contribution in [1.82, 2.24) is 4.90 Å². The van der Waals surface area contributed by atoms with Crippen molar-refractivity contribution < 1.29 is 9.90 Å². The number of carbonyl (C=O) groups is 1. The molecule has 0 aromatic heterocycles. The third kappa shape index (κ3) is 3.63. The molecule has 0 spiro atoms. The van der Waals surface area contributed by atoms with Crippen molar-refractivity contribution in [3.8, 4) is 0 Å². The van der Waals surface area contributed by atoms with Crippen LogP contribution in [0.15, 0.2) is 18.2 Å². The average Bonchev–Trinajstić information content (AvgIpc) is 2.35. The first-order chi connectivity index (χ1) is 8.45. The van der Waals surface area contributed by atoms with E-state index in [9.17, 15) is 9.90 Å². The fourth-order valence-electron chi connectivity index (χ4n) is 1.51. The lowest BCUT2D eigenvalue weighted by Gasteiger charge is -2.17. The summed E-state index contributed by atoms with van der Waals surface area (Å²) in [6.45, 7) is 2.30. The Kier molecular flexibility index (Phi) is 4.97. The molecule has 100 valence electrons. The van der Waals surface area contributed by atoms with E-state index in [0.29, 0.717) is 29.9 Å². The largest absolute Gasteiger partial charge is 0.399 e. The number of aliphatic hydroxyl groups is 1. The minimum Gasteiger partial charge on any atom is -0.399 e. The van der Waals surface area contributed by atoms with Crippen molar-refractivity contribution in [2.24, 2.45) is 0 Å². The minimum atomic E-state index is -0.436. The van der Waals surface area contributed by atoms with Gasteiger partial charge in [-0.3, -0.25) is 4.79 Å². The van der Waals surface area contributed by atoms with Gasteiger partial charge in [0.2, 0.25) is 0 Å². The number of amides is 1. The number of nitrogens with two attached hydrogens (primary N) is 1. The highest BCUT2D eigenvalue weighted by Gasteiger charge is 2.14. The lowest BCUT2D eigenvalue weighted by molar-refractivity contribution is 0.0828.